The molecule has 0 spiro atoms. The summed E-state index contributed by atoms with van der Waals surface area (Å²) in [6.07, 6.45) is 0. The molecule has 0 fully saturated rings. The second-order valence-electron chi connectivity index (χ2n) is 11.0. The van der Waals surface area contributed by atoms with Gasteiger partial charge in [-0.25, -0.2) is 0 Å². The van der Waals surface area contributed by atoms with Crippen LogP contribution in [0, 0.1) is 0 Å². The lowest BCUT2D eigenvalue weighted by Crippen LogP contribution is -2.00. The van der Waals surface area contributed by atoms with Gasteiger partial charge in [0.25, 0.3) is 0 Å². The van der Waals surface area contributed by atoms with Crippen molar-refractivity contribution in [1.82, 2.24) is 4.57 Å². The Morgan fingerprint density at radius 1 is 0.279 bits per heavy atom. The van der Waals surface area contributed by atoms with Crippen LogP contribution < -0.4 is 0 Å². The maximum Gasteiger partial charge on any atom is 0.0618 e. The van der Waals surface area contributed by atoms with Crippen LogP contribution >= 0.6 is 0 Å². The molecule has 0 atom stereocenters. The summed E-state index contributed by atoms with van der Waals surface area (Å²) < 4.78 is 2.48. The number of rotatable bonds is 5. The van der Waals surface area contributed by atoms with E-state index in [2.05, 4.69) is 180 Å². The van der Waals surface area contributed by atoms with Gasteiger partial charge >= 0.3 is 0 Å². The Hall–Kier alpha value is -5.66. The molecule has 8 aromatic rings. The van der Waals surface area contributed by atoms with Gasteiger partial charge in [0.2, 0.25) is 0 Å². The highest BCUT2D eigenvalue weighted by atomic mass is 15.0. The molecule has 1 heteroatoms. The number of hydrogen-bond acceptors (Lipinski definition) is 0. The zero-order chi connectivity index (χ0) is 28.6. The summed E-state index contributed by atoms with van der Waals surface area (Å²) in [4.78, 5) is 0. The fourth-order valence-electron chi connectivity index (χ4n) is 6.37. The van der Waals surface area contributed by atoms with Crippen molar-refractivity contribution < 1.29 is 0 Å². The van der Waals surface area contributed by atoms with E-state index in [1.54, 1.807) is 0 Å². The lowest BCUT2D eigenvalue weighted by molar-refractivity contribution is 1.18. The van der Waals surface area contributed by atoms with Crippen LogP contribution in [0.15, 0.2) is 176 Å². The number of hydrogen-bond donors (Lipinski definition) is 0. The number of fused-ring (bicyclic) bond motifs is 3. The average Bonchev–Trinajstić information content (AvgIpc) is 3.42. The zero-order valence-electron chi connectivity index (χ0n) is 23.7. The lowest BCUT2D eigenvalue weighted by atomic mass is 9.95. The van der Waals surface area contributed by atoms with E-state index >= 15 is 0 Å². The van der Waals surface area contributed by atoms with Crippen LogP contribution in [0.3, 0.4) is 0 Å². The van der Waals surface area contributed by atoms with Crippen molar-refractivity contribution in [3.05, 3.63) is 176 Å². The number of para-hydroxylation sites is 1. The van der Waals surface area contributed by atoms with Crippen LogP contribution in [0.1, 0.15) is 0 Å². The number of nitrogens with zero attached hydrogens (tertiary/aromatic N) is 1. The fourth-order valence-corrected chi connectivity index (χ4v) is 6.37. The molecular weight excluding hydrogens is 518 g/mol. The summed E-state index contributed by atoms with van der Waals surface area (Å²) in [5, 5.41) is 2.49. The smallest absolute Gasteiger partial charge is 0.0618 e. The zero-order valence-corrected chi connectivity index (χ0v) is 23.7. The monoisotopic (exact) mass is 547 g/mol. The second-order valence-corrected chi connectivity index (χ2v) is 11.0. The highest BCUT2D eigenvalue weighted by Gasteiger charge is 2.20. The quantitative estimate of drug-likeness (QED) is 0.202. The molecule has 0 saturated heterocycles. The minimum absolute atomic E-state index is 1.19. The summed E-state index contributed by atoms with van der Waals surface area (Å²) >= 11 is 0. The SMILES string of the molecule is c1ccc(-c2ccc3c(c2)c2cc(-c4ccccc4)ccc2n3-c2c(-c3ccccc3)cccc2-c2ccccc2)cc1. The molecule has 0 aliphatic rings. The molecule has 0 unspecified atom stereocenters. The first-order chi connectivity index (χ1) is 21.3. The van der Waals surface area contributed by atoms with Gasteiger partial charge in [-0.15, -0.1) is 0 Å². The van der Waals surface area contributed by atoms with Gasteiger partial charge < -0.3 is 4.57 Å². The van der Waals surface area contributed by atoms with E-state index in [1.807, 2.05) is 0 Å². The first-order valence-electron chi connectivity index (χ1n) is 14.8. The topological polar surface area (TPSA) is 4.93 Å². The average molecular weight is 548 g/mol. The van der Waals surface area contributed by atoms with Gasteiger partial charge in [0.15, 0.2) is 0 Å². The largest absolute Gasteiger partial charge is 0.308 e. The molecule has 7 aromatic carbocycles. The third kappa shape index (κ3) is 4.43. The van der Waals surface area contributed by atoms with E-state index in [9.17, 15) is 0 Å². The molecule has 0 bridgehead atoms. The Morgan fingerprint density at radius 3 is 1.05 bits per heavy atom. The normalized spacial score (nSPS) is 11.3. The van der Waals surface area contributed by atoms with Crippen molar-refractivity contribution in [1.29, 1.82) is 0 Å². The predicted molar refractivity (Wildman–Crippen MR) is 183 cm³/mol. The Kier molecular flexibility index (Phi) is 6.20. The van der Waals surface area contributed by atoms with Crippen LogP contribution in [0.5, 0.6) is 0 Å². The molecule has 0 aliphatic carbocycles. The molecule has 1 heterocycles. The van der Waals surface area contributed by atoms with E-state index < -0.39 is 0 Å². The second kappa shape index (κ2) is 10.6. The van der Waals surface area contributed by atoms with Crippen molar-refractivity contribution in [3.63, 3.8) is 0 Å². The summed E-state index contributed by atoms with van der Waals surface area (Å²) in [6.45, 7) is 0. The highest BCUT2D eigenvalue weighted by molar-refractivity contribution is 6.12. The summed E-state index contributed by atoms with van der Waals surface area (Å²) in [7, 11) is 0. The van der Waals surface area contributed by atoms with E-state index in [0.717, 1.165) is 0 Å². The Bertz CT molecular complexity index is 2040. The van der Waals surface area contributed by atoms with Gasteiger partial charge in [0, 0.05) is 21.9 Å². The van der Waals surface area contributed by atoms with Crippen molar-refractivity contribution in [2.75, 3.05) is 0 Å². The van der Waals surface area contributed by atoms with E-state index in [1.165, 1.54) is 72.0 Å². The lowest BCUT2D eigenvalue weighted by Gasteiger charge is -2.19. The Morgan fingerprint density at radius 2 is 0.651 bits per heavy atom. The standard InChI is InChI=1S/C42H29N/c1-5-14-30(15-6-1)34-24-26-40-38(28-34)39-29-35(31-16-7-2-8-17-31)25-27-41(39)43(40)42-36(32-18-9-3-10-19-32)22-13-23-37(42)33-20-11-4-12-21-33/h1-29H. The molecule has 0 radical (unpaired) electrons. The third-order valence-electron chi connectivity index (χ3n) is 8.41. The van der Waals surface area contributed by atoms with Crippen molar-refractivity contribution in [2.24, 2.45) is 0 Å². The summed E-state index contributed by atoms with van der Waals surface area (Å²) in [5.41, 5.74) is 13.3. The molecule has 1 aromatic heterocycles. The van der Waals surface area contributed by atoms with E-state index in [4.69, 9.17) is 0 Å². The molecule has 0 aliphatic heterocycles. The van der Waals surface area contributed by atoms with E-state index in [-0.39, 0.29) is 0 Å². The first kappa shape index (κ1) is 25.1. The molecule has 0 N–H and O–H groups in total. The van der Waals surface area contributed by atoms with Crippen LogP contribution in [-0.2, 0) is 0 Å². The van der Waals surface area contributed by atoms with Crippen molar-refractivity contribution >= 4 is 21.8 Å². The summed E-state index contributed by atoms with van der Waals surface area (Å²) in [6, 6.07) is 63.4. The minimum atomic E-state index is 1.19. The van der Waals surface area contributed by atoms with Gasteiger partial charge in [0.1, 0.15) is 0 Å². The predicted octanol–water partition coefficient (Wildman–Crippen LogP) is 11.5. The molecule has 43 heavy (non-hydrogen) atoms. The maximum absolute atomic E-state index is 2.48. The first-order valence-corrected chi connectivity index (χ1v) is 14.8. The number of aromatic nitrogens is 1. The molecule has 0 saturated carbocycles. The molecule has 0 amide bonds. The van der Waals surface area contributed by atoms with Crippen LogP contribution in [0.2, 0.25) is 0 Å². The highest BCUT2D eigenvalue weighted by Crippen LogP contribution is 2.43. The van der Waals surface area contributed by atoms with Crippen molar-refractivity contribution in [2.45, 2.75) is 0 Å². The molecule has 1 nitrogen and oxygen atoms in total. The van der Waals surface area contributed by atoms with Crippen LogP contribution in [0.4, 0.5) is 0 Å². The van der Waals surface area contributed by atoms with Gasteiger partial charge in [-0.1, -0.05) is 152 Å². The number of benzene rings is 7. The maximum atomic E-state index is 2.48. The third-order valence-corrected chi connectivity index (χ3v) is 8.41. The van der Waals surface area contributed by atoms with Crippen LogP contribution in [0.25, 0.3) is 72.0 Å². The van der Waals surface area contributed by atoms with Gasteiger partial charge in [-0.2, -0.15) is 0 Å². The molecular formula is C42H29N. The van der Waals surface area contributed by atoms with Gasteiger partial charge in [0.05, 0.1) is 16.7 Å². The Balaban J connectivity index is 1.49. The van der Waals surface area contributed by atoms with Gasteiger partial charge in [-0.3, -0.25) is 0 Å². The van der Waals surface area contributed by atoms with Crippen molar-refractivity contribution in [3.8, 4) is 50.2 Å². The summed E-state index contributed by atoms with van der Waals surface area (Å²) in [5.74, 6) is 0. The fraction of sp³-hybridized carbons (Fsp3) is 0. The van der Waals surface area contributed by atoms with Crippen LogP contribution in [-0.4, -0.2) is 4.57 Å². The minimum Gasteiger partial charge on any atom is -0.308 e. The van der Waals surface area contributed by atoms with E-state index in [0.29, 0.717) is 0 Å². The molecule has 8 rings (SSSR count). The Labute approximate surface area is 251 Å². The van der Waals surface area contributed by atoms with Gasteiger partial charge in [-0.05, 0) is 57.6 Å². The molecule has 202 valence electrons.